The average molecular weight is 402 g/mol. The van der Waals surface area contributed by atoms with Gasteiger partial charge in [-0.25, -0.2) is 13.1 Å². The minimum absolute atomic E-state index is 0. The van der Waals surface area contributed by atoms with Crippen molar-refractivity contribution in [2.75, 3.05) is 12.3 Å². The van der Waals surface area contributed by atoms with Crippen LogP contribution in [-0.4, -0.2) is 26.7 Å². The van der Waals surface area contributed by atoms with Crippen LogP contribution in [0.15, 0.2) is 0 Å². The van der Waals surface area contributed by atoms with Gasteiger partial charge in [0.05, 0.1) is 5.75 Å². The molecular formula is C18H36KNO4S. The number of carbonyl (C=O) groups is 1. The molecule has 144 valence electrons. The van der Waals surface area contributed by atoms with Gasteiger partial charge in [0, 0.05) is 18.9 Å². The van der Waals surface area contributed by atoms with E-state index >= 15 is 0 Å². The Morgan fingerprint density at radius 1 is 0.800 bits per heavy atom. The van der Waals surface area contributed by atoms with Crippen molar-refractivity contribution in [3.63, 3.8) is 0 Å². The molecule has 5 nitrogen and oxygen atoms in total. The van der Waals surface area contributed by atoms with Crippen LogP contribution in [-0.2, 0) is 14.8 Å². The van der Waals surface area contributed by atoms with Crippen molar-refractivity contribution in [1.29, 1.82) is 0 Å². The summed E-state index contributed by atoms with van der Waals surface area (Å²) >= 11 is 0. The Hall–Kier alpha value is 1.02. The Bertz CT molecular complexity index is 402. The van der Waals surface area contributed by atoms with E-state index in [9.17, 15) is 18.3 Å². The quantitative estimate of drug-likeness (QED) is 0.261. The third kappa shape index (κ3) is 23.0. The molecule has 0 spiro atoms. The number of carbonyl (C=O) groups excluding carboxylic acids is 1. The average Bonchev–Trinajstić information content (AvgIpc) is 2.51. The van der Waals surface area contributed by atoms with Gasteiger partial charge in [0.2, 0.25) is 10.0 Å². The first kappa shape index (κ1) is 28.2. The van der Waals surface area contributed by atoms with Crippen LogP contribution in [0, 0.1) is 0 Å². The van der Waals surface area contributed by atoms with Crippen LogP contribution < -0.4 is 61.2 Å². The molecule has 0 aliphatic heterocycles. The molecule has 0 saturated carbocycles. The van der Waals surface area contributed by atoms with Gasteiger partial charge in [-0.15, -0.1) is 0 Å². The molecule has 0 heterocycles. The molecular weight excluding hydrogens is 365 g/mol. The van der Waals surface area contributed by atoms with E-state index in [1.807, 2.05) is 0 Å². The summed E-state index contributed by atoms with van der Waals surface area (Å²) in [5, 5.41) is 10.2. The number of hydrogen-bond acceptors (Lipinski definition) is 4. The molecule has 1 N–H and O–H groups in total. The third-order valence-electron chi connectivity index (χ3n) is 4.17. The normalized spacial score (nSPS) is 11.2. The van der Waals surface area contributed by atoms with E-state index in [0.717, 1.165) is 12.8 Å². The fourth-order valence-corrected chi connectivity index (χ4v) is 3.83. The van der Waals surface area contributed by atoms with Gasteiger partial charge in [0.15, 0.2) is 0 Å². The van der Waals surface area contributed by atoms with E-state index in [4.69, 9.17) is 0 Å². The number of rotatable bonds is 18. The number of hydrogen-bond donors (Lipinski definition) is 1. The van der Waals surface area contributed by atoms with E-state index < -0.39 is 16.0 Å². The molecule has 25 heavy (non-hydrogen) atoms. The van der Waals surface area contributed by atoms with Crippen molar-refractivity contribution >= 4 is 16.0 Å². The monoisotopic (exact) mass is 401 g/mol. The van der Waals surface area contributed by atoms with Crippen molar-refractivity contribution in [3.8, 4) is 0 Å². The minimum Gasteiger partial charge on any atom is -0.550 e. The first-order chi connectivity index (χ1) is 11.5. The smallest absolute Gasteiger partial charge is 0.550 e. The maximum atomic E-state index is 11.6. The van der Waals surface area contributed by atoms with Gasteiger partial charge in [-0.2, -0.15) is 0 Å². The van der Waals surface area contributed by atoms with Crippen LogP contribution in [0.5, 0.6) is 0 Å². The molecule has 0 aromatic carbocycles. The van der Waals surface area contributed by atoms with Gasteiger partial charge in [-0.05, 0) is 6.42 Å². The number of nitrogens with one attached hydrogen (secondary N) is 1. The second kappa shape index (κ2) is 19.8. The summed E-state index contributed by atoms with van der Waals surface area (Å²) in [6, 6.07) is 0. The second-order valence-electron chi connectivity index (χ2n) is 6.58. The van der Waals surface area contributed by atoms with Crippen LogP contribution in [0.2, 0.25) is 0 Å². The summed E-state index contributed by atoms with van der Waals surface area (Å²) in [6.07, 6.45) is 15.5. The number of carboxylic acids is 1. The fraction of sp³-hybridized carbons (Fsp3) is 0.944. The van der Waals surface area contributed by atoms with Gasteiger partial charge in [0.1, 0.15) is 0 Å². The van der Waals surface area contributed by atoms with Crippen LogP contribution in [0.3, 0.4) is 0 Å². The van der Waals surface area contributed by atoms with Crippen LogP contribution in [0.25, 0.3) is 0 Å². The third-order valence-corrected chi connectivity index (χ3v) is 5.64. The predicted octanol–water partition coefficient (Wildman–Crippen LogP) is 0.141. The molecule has 0 aliphatic rings. The van der Waals surface area contributed by atoms with E-state index in [1.165, 1.54) is 64.2 Å². The van der Waals surface area contributed by atoms with Crippen molar-refractivity contribution in [3.05, 3.63) is 0 Å². The zero-order valence-electron chi connectivity index (χ0n) is 16.4. The SMILES string of the molecule is CCCCCCCCCCCCCCCS(=O)(=O)NCCC(=O)[O-].[K+]. The topological polar surface area (TPSA) is 86.3 Å². The molecule has 0 unspecified atom stereocenters. The number of sulfonamides is 1. The van der Waals surface area contributed by atoms with E-state index in [1.54, 1.807) is 0 Å². The number of unbranched alkanes of at least 4 members (excludes halogenated alkanes) is 12. The predicted molar refractivity (Wildman–Crippen MR) is 97.1 cm³/mol. The van der Waals surface area contributed by atoms with Crippen LogP contribution >= 0.6 is 0 Å². The van der Waals surface area contributed by atoms with Crippen molar-refractivity contribution < 1.29 is 69.7 Å². The molecule has 0 saturated heterocycles. The summed E-state index contributed by atoms with van der Waals surface area (Å²) in [6.45, 7) is 2.16. The van der Waals surface area contributed by atoms with Gasteiger partial charge in [0.25, 0.3) is 0 Å². The molecule has 0 atom stereocenters. The maximum absolute atomic E-state index is 11.6. The zero-order valence-corrected chi connectivity index (χ0v) is 20.3. The van der Waals surface area contributed by atoms with Gasteiger partial charge < -0.3 is 9.90 Å². The van der Waals surface area contributed by atoms with Crippen LogP contribution in [0.4, 0.5) is 0 Å². The molecule has 7 heteroatoms. The van der Waals surface area contributed by atoms with E-state index in [2.05, 4.69) is 11.6 Å². The Morgan fingerprint density at radius 3 is 1.60 bits per heavy atom. The summed E-state index contributed by atoms with van der Waals surface area (Å²) in [5.41, 5.74) is 0. The second-order valence-corrected chi connectivity index (χ2v) is 8.50. The molecule has 0 aromatic rings. The standard InChI is InChI=1S/C18H37NO4S.K/c1-2-3-4-5-6-7-8-9-10-11-12-13-14-17-24(22,23)19-16-15-18(20)21;/h19H,2-17H2,1H3,(H,20,21);/q;+1/p-1. The Labute approximate surface area is 197 Å². The fourth-order valence-electron chi connectivity index (χ4n) is 2.69. The van der Waals surface area contributed by atoms with Crippen LogP contribution in [0.1, 0.15) is 96.8 Å². The molecule has 0 radical (unpaired) electrons. The molecule has 0 aliphatic carbocycles. The summed E-state index contributed by atoms with van der Waals surface area (Å²) < 4.78 is 25.5. The van der Waals surface area contributed by atoms with Crippen molar-refractivity contribution in [1.82, 2.24) is 4.72 Å². The van der Waals surface area contributed by atoms with E-state index in [0.29, 0.717) is 6.42 Å². The first-order valence-electron chi connectivity index (χ1n) is 9.65. The zero-order chi connectivity index (χ0) is 18.1. The molecule has 0 rings (SSSR count). The van der Waals surface area contributed by atoms with Crippen molar-refractivity contribution in [2.45, 2.75) is 96.8 Å². The Kier molecular flexibility index (Phi) is 22.3. The number of carboxylic acid groups (broad SMARTS) is 1. The minimum atomic E-state index is -3.33. The molecule has 0 bridgehead atoms. The molecule has 0 amide bonds. The first-order valence-corrected chi connectivity index (χ1v) is 11.3. The largest absolute Gasteiger partial charge is 1.00 e. The Balaban J connectivity index is 0. The molecule has 0 aromatic heterocycles. The molecule has 0 fully saturated rings. The summed E-state index contributed by atoms with van der Waals surface area (Å²) in [5.74, 6) is -1.16. The van der Waals surface area contributed by atoms with Crippen molar-refractivity contribution in [2.24, 2.45) is 0 Å². The number of aliphatic carboxylic acids is 1. The Morgan fingerprint density at radius 2 is 1.20 bits per heavy atom. The van der Waals surface area contributed by atoms with Gasteiger partial charge in [-0.3, -0.25) is 0 Å². The van der Waals surface area contributed by atoms with Gasteiger partial charge >= 0.3 is 51.4 Å². The van der Waals surface area contributed by atoms with Gasteiger partial charge in [-0.1, -0.05) is 84.0 Å². The summed E-state index contributed by atoms with van der Waals surface area (Å²) in [4.78, 5) is 10.2. The van der Waals surface area contributed by atoms with E-state index in [-0.39, 0.29) is 70.1 Å². The summed E-state index contributed by atoms with van der Waals surface area (Å²) in [7, 11) is -3.33. The maximum Gasteiger partial charge on any atom is 1.00 e.